The molecule has 3 aromatic rings. The molecular weight excluding hydrogens is 408 g/mol. The topological polar surface area (TPSA) is 85.6 Å². The van der Waals surface area contributed by atoms with Gasteiger partial charge in [-0.15, -0.1) is 0 Å². The number of amides is 2. The van der Waals surface area contributed by atoms with Gasteiger partial charge in [-0.25, -0.2) is 4.99 Å². The molecule has 1 unspecified atom stereocenters. The normalized spacial score (nSPS) is 16.9. The number of rotatable bonds is 5. The number of amidine groups is 1. The summed E-state index contributed by atoms with van der Waals surface area (Å²) < 4.78 is 0. The number of carbonyl (C=O) groups excluding carboxylic acids is 2. The Hall–Kier alpha value is -3.89. The number of nitrogens with one attached hydrogen (secondary N) is 1. The van der Waals surface area contributed by atoms with Crippen LogP contribution in [0.4, 0.5) is 17.1 Å². The minimum atomic E-state index is -0.614. The molecule has 2 amide bonds. The number of aliphatic imine (C=N–C) groups is 1. The van der Waals surface area contributed by atoms with E-state index in [9.17, 15) is 14.9 Å². The smallest absolute Gasteiger partial charge is 0.247 e. The quantitative estimate of drug-likeness (QED) is 0.639. The summed E-state index contributed by atoms with van der Waals surface area (Å²) in [5.74, 6) is -0.530. The number of benzene rings is 3. The molecule has 0 aromatic heterocycles. The summed E-state index contributed by atoms with van der Waals surface area (Å²) in [5, 5.41) is 11.9. The second-order valence-electron chi connectivity index (χ2n) is 6.76. The summed E-state index contributed by atoms with van der Waals surface area (Å²) in [6, 6.07) is 27.5. The van der Waals surface area contributed by atoms with Crippen molar-refractivity contribution in [2.24, 2.45) is 4.99 Å². The van der Waals surface area contributed by atoms with Crippen molar-refractivity contribution < 1.29 is 9.59 Å². The van der Waals surface area contributed by atoms with Gasteiger partial charge in [0.1, 0.15) is 11.3 Å². The molecular formula is C24H18N4O2S. The second-order valence-corrected chi connectivity index (χ2v) is 7.93. The molecule has 1 N–H and O–H groups in total. The van der Waals surface area contributed by atoms with Gasteiger partial charge in [-0.3, -0.25) is 14.5 Å². The van der Waals surface area contributed by atoms with Crippen molar-refractivity contribution in [3.8, 4) is 6.07 Å². The maximum absolute atomic E-state index is 13.2. The number of anilines is 2. The molecule has 0 saturated carbocycles. The van der Waals surface area contributed by atoms with E-state index in [0.29, 0.717) is 22.1 Å². The van der Waals surface area contributed by atoms with Crippen LogP contribution in [0.15, 0.2) is 89.9 Å². The highest BCUT2D eigenvalue weighted by atomic mass is 32.2. The van der Waals surface area contributed by atoms with E-state index in [1.807, 2.05) is 60.7 Å². The number of hydrogen-bond donors (Lipinski definition) is 1. The van der Waals surface area contributed by atoms with Crippen LogP contribution in [-0.4, -0.2) is 22.2 Å². The Kier molecular flexibility index (Phi) is 6.11. The van der Waals surface area contributed by atoms with Crippen molar-refractivity contribution in [1.82, 2.24) is 0 Å². The van der Waals surface area contributed by atoms with Gasteiger partial charge >= 0.3 is 0 Å². The zero-order valence-corrected chi connectivity index (χ0v) is 17.3. The van der Waals surface area contributed by atoms with Crippen LogP contribution in [0.3, 0.4) is 0 Å². The van der Waals surface area contributed by atoms with Gasteiger partial charge in [0, 0.05) is 6.42 Å². The molecule has 152 valence electrons. The molecule has 1 saturated heterocycles. The van der Waals surface area contributed by atoms with E-state index in [4.69, 9.17) is 0 Å². The molecule has 1 aliphatic heterocycles. The molecule has 1 fully saturated rings. The molecule has 3 aromatic carbocycles. The van der Waals surface area contributed by atoms with Crippen LogP contribution in [0, 0.1) is 11.3 Å². The highest BCUT2D eigenvalue weighted by Crippen LogP contribution is 2.35. The van der Waals surface area contributed by atoms with Crippen LogP contribution in [0.25, 0.3) is 0 Å². The summed E-state index contributed by atoms with van der Waals surface area (Å²) in [6.07, 6.45) is -0.0274. The molecule has 0 bridgehead atoms. The summed E-state index contributed by atoms with van der Waals surface area (Å²) in [6.45, 7) is 0. The lowest BCUT2D eigenvalue weighted by Gasteiger charge is -2.16. The summed E-state index contributed by atoms with van der Waals surface area (Å²) in [4.78, 5) is 32.1. The fraction of sp³-hybridized carbons (Fsp3) is 0.0833. The zero-order valence-electron chi connectivity index (χ0n) is 16.4. The van der Waals surface area contributed by atoms with Crippen LogP contribution in [0.2, 0.25) is 0 Å². The molecule has 4 rings (SSSR count). The Bertz CT molecular complexity index is 1170. The third kappa shape index (κ3) is 4.65. The Morgan fingerprint density at radius 1 is 1.00 bits per heavy atom. The first-order chi connectivity index (χ1) is 15.2. The largest absolute Gasteiger partial charge is 0.325 e. The van der Waals surface area contributed by atoms with Crippen molar-refractivity contribution >= 4 is 45.8 Å². The minimum Gasteiger partial charge on any atom is -0.325 e. The Balaban J connectivity index is 1.58. The van der Waals surface area contributed by atoms with Crippen LogP contribution in [0.1, 0.15) is 12.0 Å². The van der Waals surface area contributed by atoms with E-state index >= 15 is 0 Å². The summed E-state index contributed by atoms with van der Waals surface area (Å²) in [5.41, 5.74) is 2.24. The van der Waals surface area contributed by atoms with Gasteiger partial charge in [0.2, 0.25) is 11.8 Å². The van der Waals surface area contributed by atoms with Crippen molar-refractivity contribution in [3.05, 3.63) is 90.5 Å². The molecule has 1 aliphatic rings. The number of carbonyl (C=O) groups is 2. The number of nitrogens with zero attached hydrogens (tertiary/aromatic N) is 3. The van der Waals surface area contributed by atoms with E-state index < -0.39 is 5.25 Å². The van der Waals surface area contributed by atoms with Gasteiger partial charge in [-0.05, 0) is 36.4 Å². The van der Waals surface area contributed by atoms with Gasteiger partial charge < -0.3 is 5.32 Å². The molecule has 1 heterocycles. The average molecular weight is 427 g/mol. The van der Waals surface area contributed by atoms with E-state index in [0.717, 1.165) is 5.69 Å². The van der Waals surface area contributed by atoms with Crippen LogP contribution in [0.5, 0.6) is 0 Å². The third-order valence-electron chi connectivity index (χ3n) is 4.62. The minimum absolute atomic E-state index is 0.0274. The lowest BCUT2D eigenvalue weighted by Crippen LogP contribution is -2.33. The monoisotopic (exact) mass is 426 g/mol. The SMILES string of the molecule is N#Cc1ccccc1NC(=O)CC1SC(=Nc2ccccc2)N(c2ccccc2)C1=O. The van der Waals surface area contributed by atoms with E-state index in [1.54, 1.807) is 29.2 Å². The number of thioether (sulfide) groups is 1. The summed E-state index contributed by atoms with van der Waals surface area (Å²) in [7, 11) is 0. The zero-order chi connectivity index (χ0) is 21.6. The van der Waals surface area contributed by atoms with Gasteiger partial charge in [0.15, 0.2) is 5.17 Å². The molecule has 7 heteroatoms. The fourth-order valence-electron chi connectivity index (χ4n) is 3.16. The molecule has 6 nitrogen and oxygen atoms in total. The van der Waals surface area contributed by atoms with Crippen molar-refractivity contribution in [2.45, 2.75) is 11.7 Å². The van der Waals surface area contributed by atoms with Gasteiger partial charge in [-0.1, -0.05) is 60.3 Å². The van der Waals surface area contributed by atoms with E-state index in [1.165, 1.54) is 11.8 Å². The Labute approximate surface area is 184 Å². The second kappa shape index (κ2) is 9.28. The van der Waals surface area contributed by atoms with E-state index in [-0.39, 0.29) is 18.2 Å². The average Bonchev–Trinajstić information content (AvgIpc) is 3.09. The third-order valence-corrected chi connectivity index (χ3v) is 5.76. The molecule has 0 spiro atoms. The van der Waals surface area contributed by atoms with Gasteiger partial charge in [0.05, 0.1) is 22.6 Å². The first kappa shape index (κ1) is 20.4. The summed E-state index contributed by atoms with van der Waals surface area (Å²) >= 11 is 1.27. The van der Waals surface area contributed by atoms with Gasteiger partial charge in [0.25, 0.3) is 0 Å². The molecule has 1 atom stereocenters. The van der Waals surface area contributed by atoms with Crippen molar-refractivity contribution in [2.75, 3.05) is 10.2 Å². The van der Waals surface area contributed by atoms with Crippen LogP contribution >= 0.6 is 11.8 Å². The van der Waals surface area contributed by atoms with Crippen molar-refractivity contribution in [1.29, 1.82) is 5.26 Å². The molecule has 0 aliphatic carbocycles. The van der Waals surface area contributed by atoms with Crippen LogP contribution in [-0.2, 0) is 9.59 Å². The lowest BCUT2D eigenvalue weighted by atomic mass is 10.2. The fourth-order valence-corrected chi connectivity index (χ4v) is 4.32. The first-order valence-corrected chi connectivity index (χ1v) is 10.5. The van der Waals surface area contributed by atoms with Crippen LogP contribution < -0.4 is 10.2 Å². The molecule has 0 radical (unpaired) electrons. The predicted molar refractivity (Wildman–Crippen MR) is 123 cm³/mol. The number of hydrogen-bond acceptors (Lipinski definition) is 5. The number of para-hydroxylation sites is 3. The first-order valence-electron chi connectivity index (χ1n) is 9.64. The Morgan fingerprint density at radius 2 is 1.65 bits per heavy atom. The highest BCUT2D eigenvalue weighted by Gasteiger charge is 2.40. The highest BCUT2D eigenvalue weighted by molar-refractivity contribution is 8.16. The van der Waals surface area contributed by atoms with E-state index in [2.05, 4.69) is 16.4 Å². The maximum Gasteiger partial charge on any atom is 0.247 e. The maximum atomic E-state index is 13.2. The Morgan fingerprint density at radius 3 is 2.35 bits per heavy atom. The lowest BCUT2D eigenvalue weighted by molar-refractivity contribution is -0.121. The molecule has 31 heavy (non-hydrogen) atoms. The van der Waals surface area contributed by atoms with Crippen molar-refractivity contribution in [3.63, 3.8) is 0 Å². The predicted octanol–water partition coefficient (Wildman–Crippen LogP) is 4.72. The number of nitriles is 1. The van der Waals surface area contributed by atoms with Gasteiger partial charge in [-0.2, -0.15) is 5.26 Å². The standard InChI is InChI=1S/C24H18N4O2S/c25-16-17-9-7-8-14-20(17)27-22(29)15-21-23(30)28(19-12-5-2-6-13-19)24(31-21)26-18-10-3-1-4-11-18/h1-14,21H,15H2,(H,27,29).